The lowest BCUT2D eigenvalue weighted by molar-refractivity contribution is 0.00903. The van der Waals surface area contributed by atoms with Gasteiger partial charge >= 0.3 is 0 Å². The molecule has 144 valence electrons. The molecule has 2 heterocycles. The standard InChI is InChI=1S/C24H25FN2O/c25-20-10-9-18(11-12-26)23(15-20)24(28)19-13-21-7-4-8-22(14-19)27(21)16-17-5-2-1-3-6-17/h1-3,5-6,9-10,15,19,21-22H,4,7-8,11,13-14,16H2. The maximum Gasteiger partial charge on any atom is 0.166 e. The second-order valence-corrected chi connectivity index (χ2v) is 8.07. The summed E-state index contributed by atoms with van der Waals surface area (Å²) in [6, 6.07) is 17.6. The molecular formula is C24H25FN2O. The highest BCUT2D eigenvalue weighted by Gasteiger charge is 2.41. The van der Waals surface area contributed by atoms with Crippen LogP contribution in [0.4, 0.5) is 4.39 Å². The molecule has 0 aliphatic carbocycles. The van der Waals surface area contributed by atoms with Crippen molar-refractivity contribution < 1.29 is 9.18 Å². The van der Waals surface area contributed by atoms with Crippen LogP contribution in [0.25, 0.3) is 0 Å². The largest absolute Gasteiger partial charge is 0.294 e. The number of ketones is 1. The van der Waals surface area contributed by atoms with Gasteiger partial charge in [-0.25, -0.2) is 4.39 Å². The number of hydrogen-bond acceptors (Lipinski definition) is 3. The van der Waals surface area contributed by atoms with E-state index in [-0.39, 0.29) is 18.1 Å². The lowest BCUT2D eigenvalue weighted by Gasteiger charge is -2.48. The normalized spacial score (nSPS) is 24.5. The number of rotatable bonds is 5. The van der Waals surface area contributed by atoms with E-state index in [0.29, 0.717) is 23.2 Å². The molecule has 2 unspecified atom stereocenters. The Labute approximate surface area is 165 Å². The van der Waals surface area contributed by atoms with Gasteiger partial charge < -0.3 is 0 Å². The summed E-state index contributed by atoms with van der Waals surface area (Å²) >= 11 is 0. The zero-order valence-electron chi connectivity index (χ0n) is 16.0. The van der Waals surface area contributed by atoms with Crippen molar-refractivity contribution in [2.24, 2.45) is 5.92 Å². The predicted molar refractivity (Wildman–Crippen MR) is 106 cm³/mol. The summed E-state index contributed by atoms with van der Waals surface area (Å²) in [4.78, 5) is 15.8. The number of nitrogens with zero attached hydrogens (tertiary/aromatic N) is 2. The summed E-state index contributed by atoms with van der Waals surface area (Å²) in [6.45, 7) is 0.927. The van der Waals surface area contributed by atoms with Gasteiger partial charge in [0.1, 0.15) is 5.82 Å². The maximum absolute atomic E-state index is 13.8. The Hall–Kier alpha value is -2.51. The molecule has 28 heavy (non-hydrogen) atoms. The smallest absolute Gasteiger partial charge is 0.166 e. The first-order valence-electron chi connectivity index (χ1n) is 10.1. The Balaban J connectivity index is 1.54. The van der Waals surface area contributed by atoms with Crippen molar-refractivity contribution in [1.29, 1.82) is 5.26 Å². The Bertz CT molecular complexity index is 875. The lowest BCUT2D eigenvalue weighted by Crippen LogP contribution is -2.52. The molecule has 2 aromatic rings. The number of Topliss-reactive ketones (excluding diaryl/α,β-unsaturated/α-hetero) is 1. The van der Waals surface area contributed by atoms with Crippen LogP contribution in [0.5, 0.6) is 0 Å². The molecule has 0 saturated carbocycles. The van der Waals surface area contributed by atoms with Crippen molar-refractivity contribution in [3.8, 4) is 6.07 Å². The third-order valence-corrected chi connectivity index (χ3v) is 6.31. The van der Waals surface area contributed by atoms with E-state index in [1.807, 2.05) is 6.07 Å². The van der Waals surface area contributed by atoms with E-state index in [2.05, 4.69) is 35.2 Å². The number of halogens is 1. The van der Waals surface area contributed by atoms with Crippen molar-refractivity contribution in [1.82, 2.24) is 4.90 Å². The van der Waals surface area contributed by atoms with E-state index in [0.717, 1.165) is 32.2 Å². The second kappa shape index (κ2) is 8.24. The first kappa shape index (κ1) is 18.8. The maximum atomic E-state index is 13.8. The fourth-order valence-corrected chi connectivity index (χ4v) is 4.98. The van der Waals surface area contributed by atoms with Gasteiger partial charge in [0, 0.05) is 30.1 Å². The molecule has 2 atom stereocenters. The summed E-state index contributed by atoms with van der Waals surface area (Å²) in [6.07, 6.45) is 5.22. The van der Waals surface area contributed by atoms with Crippen molar-refractivity contribution in [3.63, 3.8) is 0 Å². The zero-order chi connectivity index (χ0) is 19.5. The van der Waals surface area contributed by atoms with Gasteiger partial charge in [-0.3, -0.25) is 9.69 Å². The van der Waals surface area contributed by atoms with E-state index in [1.54, 1.807) is 6.07 Å². The fraction of sp³-hybridized carbons (Fsp3) is 0.417. The lowest BCUT2D eigenvalue weighted by atomic mass is 9.75. The third kappa shape index (κ3) is 3.86. The molecule has 2 fully saturated rings. The van der Waals surface area contributed by atoms with E-state index in [9.17, 15) is 9.18 Å². The highest BCUT2D eigenvalue weighted by atomic mass is 19.1. The second-order valence-electron chi connectivity index (χ2n) is 8.07. The number of nitriles is 1. The summed E-state index contributed by atoms with van der Waals surface area (Å²) in [5.41, 5.74) is 2.36. The first-order valence-corrected chi connectivity index (χ1v) is 10.1. The molecule has 2 aliphatic rings. The average molecular weight is 376 g/mol. The van der Waals surface area contributed by atoms with E-state index in [4.69, 9.17) is 5.26 Å². The number of hydrogen-bond donors (Lipinski definition) is 0. The topological polar surface area (TPSA) is 44.1 Å². The van der Waals surface area contributed by atoms with Gasteiger partial charge in [0.2, 0.25) is 0 Å². The number of carbonyl (C=O) groups is 1. The van der Waals surface area contributed by atoms with Crippen LogP contribution >= 0.6 is 0 Å². The van der Waals surface area contributed by atoms with Crippen LogP contribution in [0.2, 0.25) is 0 Å². The number of piperidine rings is 2. The number of carbonyl (C=O) groups excluding carboxylic acids is 1. The van der Waals surface area contributed by atoms with Crippen molar-refractivity contribution in [3.05, 3.63) is 71.0 Å². The zero-order valence-corrected chi connectivity index (χ0v) is 16.0. The monoisotopic (exact) mass is 376 g/mol. The Morgan fingerprint density at radius 2 is 1.82 bits per heavy atom. The molecule has 0 aromatic heterocycles. The minimum atomic E-state index is -0.410. The van der Waals surface area contributed by atoms with Crippen molar-refractivity contribution in [2.75, 3.05) is 0 Å². The highest BCUT2D eigenvalue weighted by Crippen LogP contribution is 2.39. The third-order valence-electron chi connectivity index (χ3n) is 6.31. The van der Waals surface area contributed by atoms with E-state index in [1.165, 1.54) is 24.1 Å². The van der Waals surface area contributed by atoms with E-state index >= 15 is 0 Å². The number of fused-ring (bicyclic) bond motifs is 2. The molecule has 0 N–H and O–H groups in total. The van der Waals surface area contributed by atoms with Crippen LogP contribution in [0.3, 0.4) is 0 Å². The fourth-order valence-electron chi connectivity index (χ4n) is 4.98. The molecular weight excluding hydrogens is 351 g/mol. The average Bonchev–Trinajstić information content (AvgIpc) is 2.69. The molecule has 4 heteroatoms. The van der Waals surface area contributed by atoms with Gasteiger partial charge in [-0.15, -0.1) is 0 Å². The highest BCUT2D eigenvalue weighted by molar-refractivity contribution is 5.99. The van der Waals surface area contributed by atoms with Gasteiger partial charge in [0.25, 0.3) is 0 Å². The van der Waals surface area contributed by atoms with Crippen molar-refractivity contribution in [2.45, 2.75) is 57.2 Å². The number of benzene rings is 2. The van der Waals surface area contributed by atoms with Crippen LogP contribution in [-0.2, 0) is 13.0 Å². The summed E-state index contributed by atoms with van der Waals surface area (Å²) < 4.78 is 13.8. The van der Waals surface area contributed by atoms with Gasteiger partial charge in [0.05, 0.1) is 12.5 Å². The van der Waals surface area contributed by atoms with Gasteiger partial charge in [-0.2, -0.15) is 5.26 Å². The summed E-state index contributed by atoms with van der Waals surface area (Å²) in [5.74, 6) is -0.477. The van der Waals surface area contributed by atoms with E-state index < -0.39 is 5.82 Å². The molecule has 0 radical (unpaired) electrons. The minimum absolute atomic E-state index is 0.0148. The molecule has 4 rings (SSSR count). The quantitative estimate of drug-likeness (QED) is 0.697. The Morgan fingerprint density at radius 1 is 1.11 bits per heavy atom. The van der Waals surface area contributed by atoms with Crippen LogP contribution in [0, 0.1) is 23.1 Å². The van der Waals surface area contributed by atoms with Gasteiger partial charge in [-0.05, 0) is 48.9 Å². The van der Waals surface area contributed by atoms with Crippen LogP contribution < -0.4 is 0 Å². The van der Waals surface area contributed by atoms with Crippen LogP contribution in [-0.4, -0.2) is 22.8 Å². The van der Waals surface area contributed by atoms with Gasteiger partial charge in [-0.1, -0.05) is 42.8 Å². The SMILES string of the molecule is N#CCc1ccc(F)cc1C(=O)C1CC2CCCC(C1)N2Cc1ccccc1. The molecule has 2 saturated heterocycles. The van der Waals surface area contributed by atoms with Gasteiger partial charge in [0.15, 0.2) is 5.78 Å². The van der Waals surface area contributed by atoms with Crippen LogP contribution in [0.1, 0.15) is 53.6 Å². The predicted octanol–water partition coefficient (Wildman–Crippen LogP) is 4.91. The summed E-state index contributed by atoms with van der Waals surface area (Å²) in [7, 11) is 0. The molecule has 0 spiro atoms. The van der Waals surface area contributed by atoms with Crippen LogP contribution in [0.15, 0.2) is 48.5 Å². The Morgan fingerprint density at radius 3 is 2.50 bits per heavy atom. The first-order chi connectivity index (χ1) is 13.7. The molecule has 2 bridgehead atoms. The summed E-state index contributed by atoms with van der Waals surface area (Å²) in [5, 5.41) is 9.05. The van der Waals surface area contributed by atoms with Crippen molar-refractivity contribution >= 4 is 5.78 Å². The molecule has 2 aliphatic heterocycles. The minimum Gasteiger partial charge on any atom is -0.294 e. The molecule has 2 aromatic carbocycles. The Kier molecular flexibility index (Phi) is 5.54. The molecule has 0 amide bonds. The molecule has 3 nitrogen and oxygen atoms in total.